The van der Waals surface area contributed by atoms with E-state index in [1.165, 1.54) is 37.1 Å². The Labute approximate surface area is 178 Å². The summed E-state index contributed by atoms with van der Waals surface area (Å²) in [6.45, 7) is 2.44. The van der Waals surface area contributed by atoms with Crippen LogP contribution in [-0.4, -0.2) is 22.3 Å². The summed E-state index contributed by atoms with van der Waals surface area (Å²) in [6.07, 6.45) is 0. The molecule has 0 radical (unpaired) electrons. The lowest BCUT2D eigenvalue weighted by molar-refractivity contribution is 0.357. The van der Waals surface area contributed by atoms with Crippen molar-refractivity contribution in [3.05, 3.63) is 91.0 Å². The summed E-state index contributed by atoms with van der Waals surface area (Å²) in [7, 11) is 1.02. The number of para-hydroxylation sites is 1. The minimum Gasteiger partial charge on any atom is -0.493 e. The molecule has 0 aliphatic carbocycles. The molecule has 0 atom stereocenters. The Morgan fingerprint density at radius 2 is 1.20 bits per heavy atom. The predicted molar refractivity (Wildman–Crippen MR) is 129 cm³/mol. The van der Waals surface area contributed by atoms with E-state index in [0.29, 0.717) is 0 Å². The van der Waals surface area contributed by atoms with Gasteiger partial charge in [-0.25, -0.2) is 0 Å². The Morgan fingerprint density at radius 3 is 1.73 bits per heavy atom. The quantitative estimate of drug-likeness (QED) is 0.314. The molecule has 0 heterocycles. The summed E-state index contributed by atoms with van der Waals surface area (Å²) in [6, 6.07) is 32.7. The topological polar surface area (TPSA) is 18.5 Å². The van der Waals surface area contributed by atoms with E-state index >= 15 is 0 Å². The largest absolute Gasteiger partial charge is 0.493 e. The normalized spacial score (nSPS) is 11.8. The van der Waals surface area contributed by atoms with Gasteiger partial charge in [0.2, 0.25) is 0 Å². The molecule has 0 unspecified atom stereocenters. The maximum Gasteiger partial charge on any atom is 0.160 e. The van der Waals surface area contributed by atoms with Gasteiger partial charge in [-0.15, -0.1) is 81.8 Å². The molecule has 0 bridgehead atoms. The molecule has 0 fully saturated rings. The zero-order valence-electron chi connectivity index (χ0n) is 17.5. The van der Waals surface area contributed by atoms with Crippen LogP contribution in [0.5, 0.6) is 11.5 Å². The predicted octanol–water partition coefficient (Wildman–Crippen LogP) is 4.55. The van der Waals surface area contributed by atoms with Gasteiger partial charge in [-0.1, -0.05) is 29.5 Å². The molecule has 0 saturated heterocycles. The van der Waals surface area contributed by atoms with Crippen molar-refractivity contribution < 1.29 is 9.47 Å². The molecule has 0 N–H and O–H groups in total. The SMILES string of the molecule is COc1cccc([Si](C)(c2cc[c-]3ccccc23)c2cc[c-]3ccccc23)c1OC. The first-order chi connectivity index (χ1) is 14.7. The summed E-state index contributed by atoms with van der Waals surface area (Å²) in [5.41, 5.74) is 0. The number of methoxy groups -OCH3 is 2. The van der Waals surface area contributed by atoms with Crippen molar-refractivity contribution in [2.24, 2.45) is 0 Å². The maximum atomic E-state index is 5.94. The molecule has 0 spiro atoms. The van der Waals surface area contributed by atoms with E-state index in [1.807, 2.05) is 6.07 Å². The van der Waals surface area contributed by atoms with Crippen LogP contribution in [-0.2, 0) is 0 Å². The minimum atomic E-state index is -2.42. The van der Waals surface area contributed by atoms with Crippen LogP contribution in [0.3, 0.4) is 0 Å². The van der Waals surface area contributed by atoms with Crippen LogP contribution in [0.2, 0.25) is 6.55 Å². The molecule has 5 rings (SSSR count). The Balaban J connectivity index is 1.91. The van der Waals surface area contributed by atoms with Gasteiger partial charge in [0.1, 0.15) is 0 Å². The van der Waals surface area contributed by atoms with Crippen LogP contribution >= 0.6 is 0 Å². The van der Waals surface area contributed by atoms with Gasteiger partial charge < -0.3 is 9.47 Å². The van der Waals surface area contributed by atoms with Crippen LogP contribution in [0.25, 0.3) is 21.5 Å². The van der Waals surface area contributed by atoms with Gasteiger partial charge in [0, 0.05) is 0 Å². The van der Waals surface area contributed by atoms with Crippen molar-refractivity contribution in [1.82, 2.24) is 0 Å². The fourth-order valence-electron chi connectivity index (χ4n) is 4.89. The highest BCUT2D eigenvalue weighted by molar-refractivity contribution is 7.13. The maximum absolute atomic E-state index is 5.94. The van der Waals surface area contributed by atoms with Gasteiger partial charge in [-0.2, -0.15) is 12.1 Å². The van der Waals surface area contributed by atoms with Crippen LogP contribution in [0, 0.1) is 0 Å². The first-order valence-electron chi connectivity index (χ1n) is 10.2. The zero-order chi connectivity index (χ0) is 20.7. The van der Waals surface area contributed by atoms with Crippen molar-refractivity contribution >= 4 is 45.2 Å². The molecule has 3 heteroatoms. The molecule has 150 valence electrons. The Kier molecular flexibility index (Phi) is 4.48. The summed E-state index contributed by atoms with van der Waals surface area (Å²) < 4.78 is 11.6. The number of ether oxygens (including phenoxy) is 2. The van der Waals surface area contributed by atoms with Gasteiger partial charge >= 0.3 is 0 Å². The Hall–Kier alpha value is -3.30. The number of hydrogen-bond acceptors (Lipinski definition) is 2. The number of fused-ring (bicyclic) bond motifs is 2. The highest BCUT2D eigenvalue weighted by atomic mass is 28.3. The van der Waals surface area contributed by atoms with Crippen LogP contribution < -0.4 is 25.0 Å². The van der Waals surface area contributed by atoms with Gasteiger partial charge in [0.05, 0.1) is 22.3 Å². The Bertz CT molecular complexity index is 1270. The average Bonchev–Trinajstić information content (AvgIpc) is 3.43. The standard InChI is InChI=1S/C27H24O2Si/c1-28-23-13-8-14-26(27(23)29-2)30(3,24-17-15-19-9-4-6-11-21(19)24)25-18-16-20-10-5-7-12-22(20)25/h4-18H,1-3H3/q-2. The third-order valence-corrected chi connectivity index (χ3v) is 10.9. The molecule has 30 heavy (non-hydrogen) atoms. The number of benzene rings is 3. The van der Waals surface area contributed by atoms with Crippen molar-refractivity contribution in [2.45, 2.75) is 6.55 Å². The average molecular weight is 409 g/mol. The Morgan fingerprint density at radius 1 is 0.600 bits per heavy atom. The number of hydrogen-bond donors (Lipinski definition) is 0. The zero-order valence-corrected chi connectivity index (χ0v) is 18.5. The van der Waals surface area contributed by atoms with E-state index in [2.05, 4.69) is 91.5 Å². The van der Waals surface area contributed by atoms with Crippen LogP contribution in [0.1, 0.15) is 0 Å². The van der Waals surface area contributed by atoms with E-state index in [9.17, 15) is 0 Å². The molecular formula is C27H24O2Si-2. The van der Waals surface area contributed by atoms with E-state index in [4.69, 9.17) is 9.47 Å². The summed E-state index contributed by atoms with van der Waals surface area (Å²) in [5, 5.41) is 9.25. The van der Waals surface area contributed by atoms with Crippen molar-refractivity contribution in [3.8, 4) is 11.5 Å². The molecular weight excluding hydrogens is 384 g/mol. The third kappa shape index (κ3) is 2.62. The van der Waals surface area contributed by atoms with E-state index < -0.39 is 8.07 Å². The lowest BCUT2D eigenvalue weighted by Crippen LogP contribution is -2.64. The second kappa shape index (κ2) is 7.19. The third-order valence-electron chi connectivity index (χ3n) is 6.38. The summed E-state index contributed by atoms with van der Waals surface area (Å²) in [5.74, 6) is 1.62. The highest BCUT2D eigenvalue weighted by Crippen LogP contribution is 2.29. The highest BCUT2D eigenvalue weighted by Gasteiger charge is 2.34. The summed E-state index contributed by atoms with van der Waals surface area (Å²) >= 11 is 0. The molecule has 0 saturated carbocycles. The van der Waals surface area contributed by atoms with Crippen molar-refractivity contribution in [1.29, 1.82) is 0 Å². The number of rotatable bonds is 5. The first-order valence-corrected chi connectivity index (χ1v) is 12.7. The van der Waals surface area contributed by atoms with E-state index in [-0.39, 0.29) is 0 Å². The van der Waals surface area contributed by atoms with Gasteiger partial charge in [-0.3, -0.25) is 0 Å². The fourth-order valence-corrected chi connectivity index (χ4v) is 9.23. The van der Waals surface area contributed by atoms with Gasteiger partial charge in [0.25, 0.3) is 0 Å². The van der Waals surface area contributed by atoms with E-state index in [1.54, 1.807) is 14.2 Å². The van der Waals surface area contributed by atoms with Crippen LogP contribution in [0.4, 0.5) is 0 Å². The smallest absolute Gasteiger partial charge is 0.160 e. The lowest BCUT2D eigenvalue weighted by atomic mass is 10.2. The second-order valence-corrected chi connectivity index (χ2v) is 11.7. The van der Waals surface area contributed by atoms with Crippen molar-refractivity contribution in [2.75, 3.05) is 14.2 Å². The molecule has 0 aliphatic heterocycles. The second-order valence-electron chi connectivity index (χ2n) is 7.83. The van der Waals surface area contributed by atoms with E-state index in [0.717, 1.165) is 11.5 Å². The molecule has 0 amide bonds. The van der Waals surface area contributed by atoms with Gasteiger partial charge in [-0.05, 0) is 11.3 Å². The molecule has 5 aromatic carbocycles. The fraction of sp³-hybridized carbons (Fsp3) is 0.111. The summed E-state index contributed by atoms with van der Waals surface area (Å²) in [4.78, 5) is 0. The monoisotopic (exact) mass is 408 g/mol. The minimum absolute atomic E-state index is 0.778. The molecule has 0 aromatic heterocycles. The molecule has 0 aliphatic rings. The molecule has 5 aromatic rings. The van der Waals surface area contributed by atoms with Gasteiger partial charge in [0.15, 0.2) is 11.5 Å². The first kappa shape index (κ1) is 18.7. The lowest BCUT2D eigenvalue weighted by Gasteiger charge is -2.37. The van der Waals surface area contributed by atoms with Crippen LogP contribution in [0.15, 0.2) is 91.0 Å². The molecule has 2 nitrogen and oxygen atoms in total. The van der Waals surface area contributed by atoms with Crippen molar-refractivity contribution in [3.63, 3.8) is 0 Å².